The van der Waals surface area contributed by atoms with Crippen LogP contribution in [-0.4, -0.2) is 35.7 Å². The first-order valence-corrected chi connectivity index (χ1v) is 5.27. The van der Waals surface area contributed by atoms with Gasteiger partial charge in [-0.3, -0.25) is 0 Å². The molecule has 1 aliphatic rings. The molecule has 76 valence electrons. The molecule has 1 heterocycles. The van der Waals surface area contributed by atoms with Crippen LogP contribution < -0.4 is 0 Å². The zero-order valence-electron chi connectivity index (χ0n) is 8.79. The maximum Gasteiger partial charge on any atom is 0.0468 e. The molecule has 13 heavy (non-hydrogen) atoms. The fourth-order valence-electron chi connectivity index (χ4n) is 1.82. The highest BCUT2D eigenvalue weighted by Gasteiger charge is 2.12. The molecule has 0 aromatic carbocycles. The molecule has 0 aromatic heterocycles. The molecular weight excluding hydrogens is 162 g/mol. The van der Waals surface area contributed by atoms with E-state index in [0.29, 0.717) is 12.6 Å². The van der Waals surface area contributed by atoms with Crippen LogP contribution in [0.25, 0.3) is 0 Å². The summed E-state index contributed by atoms with van der Waals surface area (Å²) in [6.07, 6.45) is 5.46. The minimum atomic E-state index is 0.299. The monoisotopic (exact) mass is 183 g/mol. The molecule has 0 bridgehead atoms. The third-order valence-electron chi connectivity index (χ3n) is 2.73. The molecule has 2 heteroatoms. The predicted octanol–water partition coefficient (Wildman–Crippen LogP) is 1.80. The lowest BCUT2D eigenvalue weighted by Gasteiger charge is -2.24. The first-order valence-electron chi connectivity index (χ1n) is 5.27. The molecule has 0 aromatic rings. The molecule has 0 radical (unpaired) electrons. The van der Waals surface area contributed by atoms with Crippen LogP contribution in [0.2, 0.25) is 0 Å². The average Bonchev–Trinajstić information content (AvgIpc) is 2.30. The van der Waals surface area contributed by atoms with E-state index in [1.807, 2.05) is 0 Å². The van der Waals surface area contributed by atoms with Crippen molar-refractivity contribution in [1.82, 2.24) is 4.90 Å². The third kappa shape index (κ3) is 3.49. The SMILES string of the molecule is CC(C)N1CCC=C(CCO)CC1. The summed E-state index contributed by atoms with van der Waals surface area (Å²) in [6, 6.07) is 0.655. The molecule has 0 aliphatic carbocycles. The summed E-state index contributed by atoms with van der Waals surface area (Å²) in [4.78, 5) is 2.50. The smallest absolute Gasteiger partial charge is 0.0468 e. The minimum absolute atomic E-state index is 0.299. The molecule has 2 nitrogen and oxygen atoms in total. The zero-order valence-corrected chi connectivity index (χ0v) is 8.79. The Morgan fingerprint density at radius 3 is 2.85 bits per heavy atom. The molecule has 0 amide bonds. The summed E-state index contributed by atoms with van der Waals surface area (Å²) < 4.78 is 0. The summed E-state index contributed by atoms with van der Waals surface area (Å²) in [5, 5.41) is 8.83. The van der Waals surface area contributed by atoms with Gasteiger partial charge in [0.2, 0.25) is 0 Å². The Kier molecular flexibility index (Phi) is 4.46. The van der Waals surface area contributed by atoms with Gasteiger partial charge in [-0.2, -0.15) is 0 Å². The first-order chi connectivity index (χ1) is 6.24. The molecule has 0 unspecified atom stereocenters. The molecule has 1 N–H and O–H groups in total. The molecule has 1 aliphatic heterocycles. The number of aliphatic hydroxyl groups is 1. The quantitative estimate of drug-likeness (QED) is 0.674. The lowest BCUT2D eigenvalue weighted by Crippen LogP contribution is -2.31. The second kappa shape index (κ2) is 5.40. The van der Waals surface area contributed by atoms with Crippen LogP contribution in [0, 0.1) is 0 Å². The van der Waals surface area contributed by atoms with Gasteiger partial charge in [-0.25, -0.2) is 0 Å². The first kappa shape index (κ1) is 10.7. The van der Waals surface area contributed by atoms with Gasteiger partial charge in [-0.15, -0.1) is 0 Å². The van der Waals surface area contributed by atoms with Gasteiger partial charge in [0.15, 0.2) is 0 Å². The Balaban J connectivity index is 2.38. The lowest BCUT2D eigenvalue weighted by atomic mass is 10.1. The number of hydrogen-bond donors (Lipinski definition) is 1. The van der Waals surface area contributed by atoms with Gasteiger partial charge >= 0.3 is 0 Å². The minimum Gasteiger partial charge on any atom is -0.396 e. The van der Waals surface area contributed by atoms with Gasteiger partial charge in [0.05, 0.1) is 0 Å². The van der Waals surface area contributed by atoms with E-state index in [0.717, 1.165) is 25.8 Å². The van der Waals surface area contributed by atoms with Gasteiger partial charge in [0.1, 0.15) is 0 Å². The van der Waals surface area contributed by atoms with Crippen molar-refractivity contribution >= 4 is 0 Å². The topological polar surface area (TPSA) is 23.5 Å². The van der Waals surface area contributed by atoms with Crippen molar-refractivity contribution in [2.24, 2.45) is 0 Å². The zero-order chi connectivity index (χ0) is 9.68. The van der Waals surface area contributed by atoms with Crippen molar-refractivity contribution in [3.63, 3.8) is 0 Å². The Bertz CT molecular complexity index is 175. The Morgan fingerprint density at radius 2 is 2.23 bits per heavy atom. The van der Waals surface area contributed by atoms with Crippen molar-refractivity contribution < 1.29 is 5.11 Å². The maximum absolute atomic E-state index is 8.83. The Labute approximate surface area is 81.2 Å². The fourth-order valence-corrected chi connectivity index (χ4v) is 1.82. The van der Waals surface area contributed by atoms with E-state index in [2.05, 4.69) is 24.8 Å². The van der Waals surface area contributed by atoms with Crippen LogP contribution in [0.3, 0.4) is 0 Å². The van der Waals surface area contributed by atoms with E-state index in [4.69, 9.17) is 5.11 Å². The van der Waals surface area contributed by atoms with Crippen LogP contribution in [0.15, 0.2) is 11.6 Å². The van der Waals surface area contributed by atoms with Crippen LogP contribution >= 0.6 is 0 Å². The normalized spacial score (nSPS) is 20.2. The van der Waals surface area contributed by atoms with Gasteiger partial charge in [-0.05, 0) is 33.1 Å². The van der Waals surface area contributed by atoms with Gasteiger partial charge in [0, 0.05) is 25.7 Å². The van der Waals surface area contributed by atoms with Crippen molar-refractivity contribution in [3.8, 4) is 0 Å². The highest BCUT2D eigenvalue weighted by molar-refractivity contribution is 5.04. The van der Waals surface area contributed by atoms with E-state index in [1.165, 1.54) is 12.1 Å². The molecule has 0 atom stereocenters. The van der Waals surface area contributed by atoms with Crippen molar-refractivity contribution in [2.75, 3.05) is 19.7 Å². The number of nitrogens with zero attached hydrogens (tertiary/aromatic N) is 1. The molecule has 0 saturated carbocycles. The van der Waals surface area contributed by atoms with E-state index < -0.39 is 0 Å². The fraction of sp³-hybridized carbons (Fsp3) is 0.818. The third-order valence-corrected chi connectivity index (χ3v) is 2.73. The van der Waals surface area contributed by atoms with Crippen LogP contribution in [0.4, 0.5) is 0 Å². The number of aliphatic hydroxyl groups excluding tert-OH is 1. The van der Waals surface area contributed by atoms with Crippen LogP contribution in [0.1, 0.15) is 33.1 Å². The van der Waals surface area contributed by atoms with Crippen molar-refractivity contribution in [3.05, 3.63) is 11.6 Å². The summed E-state index contributed by atoms with van der Waals surface area (Å²) >= 11 is 0. The Morgan fingerprint density at radius 1 is 1.46 bits per heavy atom. The summed E-state index contributed by atoms with van der Waals surface area (Å²) in [5.41, 5.74) is 1.44. The average molecular weight is 183 g/mol. The van der Waals surface area contributed by atoms with Crippen LogP contribution in [-0.2, 0) is 0 Å². The Hall–Kier alpha value is -0.340. The van der Waals surface area contributed by atoms with E-state index in [-0.39, 0.29) is 0 Å². The number of rotatable bonds is 3. The predicted molar refractivity (Wildman–Crippen MR) is 55.7 cm³/mol. The number of hydrogen-bond acceptors (Lipinski definition) is 2. The van der Waals surface area contributed by atoms with E-state index >= 15 is 0 Å². The van der Waals surface area contributed by atoms with Crippen molar-refractivity contribution in [2.45, 2.75) is 39.2 Å². The molecule has 0 spiro atoms. The van der Waals surface area contributed by atoms with E-state index in [1.54, 1.807) is 0 Å². The maximum atomic E-state index is 8.83. The van der Waals surface area contributed by atoms with Gasteiger partial charge < -0.3 is 10.0 Å². The molecule has 0 fully saturated rings. The summed E-state index contributed by atoms with van der Waals surface area (Å²) in [7, 11) is 0. The highest BCUT2D eigenvalue weighted by atomic mass is 16.2. The summed E-state index contributed by atoms with van der Waals surface area (Å²) in [5.74, 6) is 0. The van der Waals surface area contributed by atoms with Gasteiger partial charge in [-0.1, -0.05) is 11.6 Å². The molecular formula is C11H21NO. The van der Waals surface area contributed by atoms with Crippen molar-refractivity contribution in [1.29, 1.82) is 0 Å². The highest BCUT2D eigenvalue weighted by Crippen LogP contribution is 2.15. The molecule has 0 saturated heterocycles. The lowest BCUT2D eigenvalue weighted by molar-refractivity contribution is 0.232. The summed E-state index contributed by atoms with van der Waals surface area (Å²) in [6.45, 7) is 7.12. The van der Waals surface area contributed by atoms with Gasteiger partial charge in [0.25, 0.3) is 0 Å². The van der Waals surface area contributed by atoms with E-state index in [9.17, 15) is 0 Å². The second-order valence-corrected chi connectivity index (χ2v) is 4.00. The second-order valence-electron chi connectivity index (χ2n) is 4.00. The molecule has 1 rings (SSSR count). The van der Waals surface area contributed by atoms with Crippen LogP contribution in [0.5, 0.6) is 0 Å². The largest absolute Gasteiger partial charge is 0.396 e. The standard InChI is InChI=1S/C11H21NO/c1-10(2)12-7-3-4-11(5-8-12)6-9-13/h4,10,13H,3,5-9H2,1-2H3.